The van der Waals surface area contributed by atoms with Gasteiger partial charge in [0.25, 0.3) is 0 Å². The second-order valence-electron chi connectivity index (χ2n) is 12.3. The van der Waals surface area contributed by atoms with Crippen LogP contribution in [0.1, 0.15) is 85.9 Å². The van der Waals surface area contributed by atoms with Gasteiger partial charge in [-0.15, -0.1) is 0 Å². The van der Waals surface area contributed by atoms with E-state index >= 15 is 0 Å². The summed E-state index contributed by atoms with van der Waals surface area (Å²) >= 11 is 0. The van der Waals surface area contributed by atoms with Crippen molar-refractivity contribution in [3.05, 3.63) is 83.4 Å². The Balaban J connectivity index is 2.26. The first-order valence-electron chi connectivity index (χ1n) is 13.0. The molecule has 0 aliphatic rings. The molecule has 3 aromatic rings. The lowest BCUT2D eigenvalue weighted by Crippen LogP contribution is -2.32. The summed E-state index contributed by atoms with van der Waals surface area (Å²) in [6, 6.07) is 25.2. The molecule has 0 radical (unpaired) electrons. The van der Waals surface area contributed by atoms with Crippen LogP contribution in [0.4, 0.5) is 0 Å². The maximum atomic E-state index is 5.08. The maximum Gasteiger partial charge on any atom is 0.129 e. The molecule has 1 N–H and O–H groups in total. The van der Waals surface area contributed by atoms with E-state index in [-0.39, 0.29) is 22.9 Å². The van der Waals surface area contributed by atoms with E-state index in [1.807, 2.05) is 0 Å². The fraction of sp³-hybridized carbons (Fsp3) is 0.424. The van der Waals surface area contributed by atoms with Crippen LogP contribution in [-0.2, 0) is 10.8 Å². The maximum absolute atomic E-state index is 5.08. The topological polar surface area (TPSA) is 24.4 Å². The quantitative estimate of drug-likeness (QED) is 0.294. The second kappa shape index (κ2) is 10.4. The fourth-order valence-electron chi connectivity index (χ4n) is 4.29. The molecule has 0 saturated heterocycles. The zero-order valence-corrected chi connectivity index (χ0v) is 23.5. The summed E-state index contributed by atoms with van der Waals surface area (Å²) in [6.07, 6.45) is 0. The SMILES string of the molecule is CC(C)N=C(NC(C)C)c1c(-c2ccc(C(C)(C)C)cc2)cccc1-c1ccc(C(C)(C)C)cc1. The standard InChI is InChI=1S/C33H44N2/c1-22(2)34-31(35-23(3)4)30-28(24-14-18-26(19-15-24)32(5,6)7)12-11-13-29(30)25-16-20-27(21-17-25)33(8,9)10/h11-23H,1-10H3,(H,34,35). The zero-order chi connectivity index (χ0) is 26.0. The van der Waals surface area contributed by atoms with Gasteiger partial charge < -0.3 is 5.32 Å². The highest BCUT2D eigenvalue weighted by atomic mass is 15.0. The van der Waals surface area contributed by atoms with Crippen molar-refractivity contribution in [1.29, 1.82) is 0 Å². The Morgan fingerprint density at radius 1 is 0.629 bits per heavy atom. The summed E-state index contributed by atoms with van der Waals surface area (Å²) in [6.45, 7) is 22.2. The van der Waals surface area contributed by atoms with Gasteiger partial charge in [-0.3, -0.25) is 4.99 Å². The average molecular weight is 469 g/mol. The number of aliphatic imine (C=N–C) groups is 1. The lowest BCUT2D eigenvalue weighted by Gasteiger charge is -2.23. The molecule has 0 aliphatic carbocycles. The van der Waals surface area contributed by atoms with E-state index in [0.29, 0.717) is 0 Å². The van der Waals surface area contributed by atoms with Crippen molar-refractivity contribution in [1.82, 2.24) is 5.32 Å². The van der Waals surface area contributed by atoms with Crippen LogP contribution in [0.5, 0.6) is 0 Å². The molecular formula is C33H44N2. The molecule has 0 fully saturated rings. The third-order valence-corrected chi connectivity index (χ3v) is 6.24. The van der Waals surface area contributed by atoms with Crippen LogP contribution >= 0.6 is 0 Å². The molecule has 0 heterocycles. The smallest absolute Gasteiger partial charge is 0.129 e. The summed E-state index contributed by atoms with van der Waals surface area (Å²) in [4.78, 5) is 5.08. The van der Waals surface area contributed by atoms with Gasteiger partial charge in [-0.25, -0.2) is 0 Å². The first-order valence-corrected chi connectivity index (χ1v) is 13.0. The van der Waals surface area contributed by atoms with Gasteiger partial charge in [0.15, 0.2) is 0 Å². The predicted molar refractivity (Wildman–Crippen MR) is 155 cm³/mol. The minimum Gasteiger partial charge on any atom is -0.368 e. The second-order valence-corrected chi connectivity index (χ2v) is 12.3. The molecule has 0 aliphatic heterocycles. The first-order chi connectivity index (χ1) is 16.3. The molecule has 0 amide bonds. The lowest BCUT2D eigenvalue weighted by molar-refractivity contribution is 0.590. The van der Waals surface area contributed by atoms with Gasteiger partial charge in [0, 0.05) is 17.6 Å². The van der Waals surface area contributed by atoms with E-state index < -0.39 is 0 Å². The Morgan fingerprint density at radius 3 is 1.34 bits per heavy atom. The average Bonchev–Trinajstić information content (AvgIpc) is 2.76. The summed E-state index contributed by atoms with van der Waals surface area (Å²) in [5.41, 5.74) is 8.93. The van der Waals surface area contributed by atoms with Crippen LogP contribution < -0.4 is 5.32 Å². The van der Waals surface area contributed by atoms with Crippen LogP contribution in [0, 0.1) is 0 Å². The minimum atomic E-state index is 0.126. The number of rotatable bonds is 5. The van der Waals surface area contributed by atoms with Crippen molar-refractivity contribution in [2.75, 3.05) is 0 Å². The Bertz CT molecular complexity index is 1070. The summed E-state index contributed by atoms with van der Waals surface area (Å²) < 4.78 is 0. The number of hydrogen-bond donors (Lipinski definition) is 1. The van der Waals surface area contributed by atoms with Gasteiger partial charge in [-0.05, 0) is 71.9 Å². The Kier molecular flexibility index (Phi) is 7.94. The molecule has 2 heteroatoms. The van der Waals surface area contributed by atoms with Crippen LogP contribution in [-0.4, -0.2) is 17.9 Å². The molecular weight excluding hydrogens is 424 g/mol. The van der Waals surface area contributed by atoms with Crippen molar-refractivity contribution in [3.63, 3.8) is 0 Å². The number of amidine groups is 1. The van der Waals surface area contributed by atoms with Crippen molar-refractivity contribution < 1.29 is 0 Å². The molecule has 3 rings (SSSR count). The van der Waals surface area contributed by atoms with Gasteiger partial charge >= 0.3 is 0 Å². The molecule has 0 bridgehead atoms. The zero-order valence-electron chi connectivity index (χ0n) is 23.5. The van der Waals surface area contributed by atoms with E-state index in [4.69, 9.17) is 4.99 Å². The molecule has 0 atom stereocenters. The van der Waals surface area contributed by atoms with E-state index in [2.05, 4.69) is 141 Å². The van der Waals surface area contributed by atoms with Crippen LogP contribution in [0.15, 0.2) is 71.7 Å². The van der Waals surface area contributed by atoms with Crippen molar-refractivity contribution in [3.8, 4) is 22.3 Å². The van der Waals surface area contributed by atoms with Crippen LogP contribution in [0.25, 0.3) is 22.3 Å². The van der Waals surface area contributed by atoms with E-state index in [9.17, 15) is 0 Å². The largest absolute Gasteiger partial charge is 0.368 e. The first kappa shape index (κ1) is 26.7. The van der Waals surface area contributed by atoms with Crippen molar-refractivity contribution >= 4 is 5.84 Å². The molecule has 0 unspecified atom stereocenters. The summed E-state index contributed by atoms with van der Waals surface area (Å²) in [7, 11) is 0. The van der Waals surface area contributed by atoms with Crippen molar-refractivity contribution in [2.24, 2.45) is 4.99 Å². The molecule has 35 heavy (non-hydrogen) atoms. The highest BCUT2D eigenvalue weighted by Gasteiger charge is 2.20. The van der Waals surface area contributed by atoms with Gasteiger partial charge in [0.05, 0.1) is 0 Å². The van der Waals surface area contributed by atoms with Crippen LogP contribution in [0.3, 0.4) is 0 Å². The molecule has 0 aromatic heterocycles. The number of nitrogens with one attached hydrogen (secondary N) is 1. The Morgan fingerprint density at radius 2 is 1.03 bits per heavy atom. The highest BCUT2D eigenvalue weighted by Crippen LogP contribution is 2.35. The normalized spacial score (nSPS) is 13.0. The van der Waals surface area contributed by atoms with Gasteiger partial charge in [0.2, 0.25) is 0 Å². The molecule has 0 saturated carbocycles. The molecule has 186 valence electrons. The van der Waals surface area contributed by atoms with Gasteiger partial charge in [-0.2, -0.15) is 0 Å². The Hall–Kier alpha value is -2.87. The van der Waals surface area contributed by atoms with Gasteiger partial charge in [-0.1, -0.05) is 108 Å². The predicted octanol–water partition coefficient (Wildman–Crippen LogP) is 8.77. The van der Waals surface area contributed by atoms with Gasteiger partial charge in [0.1, 0.15) is 5.84 Å². The highest BCUT2D eigenvalue weighted by molar-refractivity contribution is 6.10. The van der Waals surface area contributed by atoms with Crippen molar-refractivity contribution in [2.45, 2.75) is 92.2 Å². The summed E-state index contributed by atoms with van der Waals surface area (Å²) in [5.74, 6) is 0.959. The number of hydrogen-bond acceptors (Lipinski definition) is 1. The third-order valence-electron chi connectivity index (χ3n) is 6.24. The monoisotopic (exact) mass is 468 g/mol. The summed E-state index contributed by atoms with van der Waals surface area (Å²) in [5, 5.41) is 3.67. The molecule has 3 aromatic carbocycles. The van der Waals surface area contributed by atoms with E-state index in [1.165, 1.54) is 38.9 Å². The van der Waals surface area contributed by atoms with E-state index in [0.717, 1.165) is 5.84 Å². The fourth-order valence-corrected chi connectivity index (χ4v) is 4.29. The minimum absolute atomic E-state index is 0.126. The van der Waals surface area contributed by atoms with Crippen LogP contribution in [0.2, 0.25) is 0 Å². The molecule has 2 nitrogen and oxygen atoms in total. The Labute approximate surface area is 213 Å². The number of benzene rings is 3. The molecule has 0 spiro atoms. The third kappa shape index (κ3) is 6.63. The lowest BCUT2D eigenvalue weighted by atomic mass is 9.84. The van der Waals surface area contributed by atoms with E-state index in [1.54, 1.807) is 0 Å². The number of nitrogens with zero attached hydrogens (tertiary/aromatic N) is 1.